The molecule has 19 heteroatoms. The fourth-order valence-electron chi connectivity index (χ4n) is 10.3. The van der Waals surface area contributed by atoms with Crippen molar-refractivity contribution in [2.75, 3.05) is 39.6 Å². The number of unbranched alkanes of at least 4 members (excludes halogenated alkanes) is 33. The molecule has 0 aliphatic heterocycles. The van der Waals surface area contributed by atoms with E-state index in [1.165, 1.54) is 148 Å². The Balaban J connectivity index is 5.26. The molecule has 522 valence electrons. The molecule has 0 saturated heterocycles. The summed E-state index contributed by atoms with van der Waals surface area (Å²) in [4.78, 5) is 72.5. The van der Waals surface area contributed by atoms with Gasteiger partial charge in [-0.05, 0) is 43.4 Å². The van der Waals surface area contributed by atoms with Crippen LogP contribution in [0.1, 0.15) is 344 Å². The Labute approximate surface area is 537 Å². The fourth-order valence-corrected chi connectivity index (χ4v) is 11.9. The molecule has 0 aliphatic carbocycles. The second-order valence-electron chi connectivity index (χ2n) is 25.9. The molecule has 0 rings (SSSR count). The van der Waals surface area contributed by atoms with E-state index in [9.17, 15) is 43.2 Å². The summed E-state index contributed by atoms with van der Waals surface area (Å²) in [6.07, 6.45) is 43.1. The lowest BCUT2D eigenvalue weighted by Crippen LogP contribution is -2.30. The van der Waals surface area contributed by atoms with E-state index in [-0.39, 0.29) is 25.7 Å². The van der Waals surface area contributed by atoms with Gasteiger partial charge in [-0.15, -0.1) is 0 Å². The molecule has 0 aromatic rings. The molecule has 3 N–H and O–H groups in total. The van der Waals surface area contributed by atoms with E-state index in [1.807, 2.05) is 0 Å². The first-order chi connectivity index (χ1) is 42.3. The molecule has 0 saturated carbocycles. The van der Waals surface area contributed by atoms with Crippen LogP contribution in [0.5, 0.6) is 0 Å². The number of aliphatic hydroxyl groups is 1. The highest BCUT2D eigenvalue weighted by Gasteiger charge is 2.30. The zero-order chi connectivity index (χ0) is 65.2. The molecular weight excluding hydrogens is 1160 g/mol. The summed E-state index contributed by atoms with van der Waals surface area (Å²) in [6, 6.07) is 0. The SMILES string of the molecule is CCCCCCCCCCCCCCCCC(=O)OC[C@H](COP(=O)(O)OC[C@@H](O)COP(=O)(O)OC[C@@H](COC(=O)CCCCCCCCC(C)CC)OC(=O)CCCCCCCCCC(C)C)OC(=O)CCCCCCCCCCCCC(C)CC. The number of carbonyl (C=O) groups is 4. The van der Waals surface area contributed by atoms with Crippen LogP contribution in [0.4, 0.5) is 0 Å². The minimum atomic E-state index is -4.95. The van der Waals surface area contributed by atoms with E-state index < -0.39 is 97.5 Å². The van der Waals surface area contributed by atoms with Gasteiger partial charge in [-0.3, -0.25) is 37.3 Å². The van der Waals surface area contributed by atoms with Gasteiger partial charge in [0.05, 0.1) is 26.4 Å². The zero-order valence-electron chi connectivity index (χ0n) is 57.2. The van der Waals surface area contributed by atoms with Crippen LogP contribution in [0.2, 0.25) is 0 Å². The number of carbonyl (C=O) groups excluding carboxylic acids is 4. The van der Waals surface area contributed by atoms with Crippen molar-refractivity contribution in [3.8, 4) is 0 Å². The molecule has 0 radical (unpaired) electrons. The number of aliphatic hydroxyl groups excluding tert-OH is 1. The maximum atomic E-state index is 13.0. The molecule has 0 aliphatic rings. The van der Waals surface area contributed by atoms with Crippen molar-refractivity contribution in [2.45, 2.75) is 362 Å². The number of hydrogen-bond donors (Lipinski definition) is 3. The van der Waals surface area contributed by atoms with Gasteiger partial charge >= 0.3 is 39.5 Å². The van der Waals surface area contributed by atoms with Crippen molar-refractivity contribution in [3.63, 3.8) is 0 Å². The topological polar surface area (TPSA) is 237 Å². The molecule has 0 aromatic carbocycles. The molecule has 7 atom stereocenters. The molecule has 17 nitrogen and oxygen atoms in total. The number of hydrogen-bond acceptors (Lipinski definition) is 15. The second kappa shape index (κ2) is 60.0. The molecule has 0 spiro atoms. The molecule has 0 heterocycles. The van der Waals surface area contributed by atoms with Crippen LogP contribution in [-0.4, -0.2) is 96.7 Å². The first-order valence-electron chi connectivity index (χ1n) is 35.9. The van der Waals surface area contributed by atoms with Gasteiger partial charge in [0.1, 0.15) is 19.3 Å². The maximum Gasteiger partial charge on any atom is 0.472 e. The van der Waals surface area contributed by atoms with Crippen molar-refractivity contribution in [3.05, 3.63) is 0 Å². The number of ether oxygens (including phenoxy) is 4. The van der Waals surface area contributed by atoms with Crippen molar-refractivity contribution >= 4 is 39.5 Å². The van der Waals surface area contributed by atoms with Gasteiger partial charge in [-0.2, -0.15) is 0 Å². The third kappa shape index (κ3) is 60.3. The van der Waals surface area contributed by atoms with Crippen LogP contribution in [-0.2, 0) is 65.4 Å². The molecule has 4 unspecified atom stereocenters. The van der Waals surface area contributed by atoms with Crippen molar-refractivity contribution in [1.82, 2.24) is 0 Å². The van der Waals surface area contributed by atoms with Gasteiger partial charge < -0.3 is 33.8 Å². The lowest BCUT2D eigenvalue weighted by Gasteiger charge is -2.21. The third-order valence-corrected chi connectivity index (χ3v) is 18.5. The monoisotopic (exact) mass is 1300 g/mol. The van der Waals surface area contributed by atoms with Crippen LogP contribution in [0, 0.1) is 17.8 Å². The van der Waals surface area contributed by atoms with E-state index in [1.54, 1.807) is 0 Å². The van der Waals surface area contributed by atoms with Gasteiger partial charge in [0, 0.05) is 25.7 Å². The molecule has 0 aromatic heterocycles. The highest BCUT2D eigenvalue weighted by Crippen LogP contribution is 2.45. The average molecular weight is 1300 g/mol. The molecular formula is C69H134O17P2. The predicted octanol–water partition coefficient (Wildman–Crippen LogP) is 19.5. The normalized spacial score (nSPS) is 14.9. The number of rotatable bonds is 67. The second-order valence-corrected chi connectivity index (χ2v) is 28.8. The van der Waals surface area contributed by atoms with Crippen molar-refractivity contribution in [1.29, 1.82) is 0 Å². The Morgan fingerprint density at radius 3 is 0.864 bits per heavy atom. The first-order valence-corrected chi connectivity index (χ1v) is 38.9. The largest absolute Gasteiger partial charge is 0.472 e. The Hall–Kier alpha value is -1.94. The van der Waals surface area contributed by atoms with Crippen LogP contribution >= 0.6 is 15.6 Å². The van der Waals surface area contributed by atoms with E-state index >= 15 is 0 Å². The predicted molar refractivity (Wildman–Crippen MR) is 354 cm³/mol. The molecule has 0 fully saturated rings. The highest BCUT2D eigenvalue weighted by atomic mass is 31.2. The Bertz CT molecular complexity index is 1740. The Morgan fingerprint density at radius 1 is 0.330 bits per heavy atom. The van der Waals surface area contributed by atoms with Gasteiger partial charge in [0.15, 0.2) is 12.2 Å². The highest BCUT2D eigenvalue weighted by molar-refractivity contribution is 7.47. The average Bonchev–Trinajstić information content (AvgIpc) is 3.59. The van der Waals surface area contributed by atoms with Crippen LogP contribution in [0.3, 0.4) is 0 Å². The minimum Gasteiger partial charge on any atom is -0.462 e. The molecule has 88 heavy (non-hydrogen) atoms. The van der Waals surface area contributed by atoms with Crippen molar-refractivity contribution < 1.29 is 80.2 Å². The summed E-state index contributed by atoms with van der Waals surface area (Å²) in [5.74, 6) is 0.0994. The summed E-state index contributed by atoms with van der Waals surface area (Å²) < 4.78 is 68.2. The molecule has 0 amide bonds. The van der Waals surface area contributed by atoms with E-state index in [0.29, 0.717) is 31.6 Å². The van der Waals surface area contributed by atoms with Crippen LogP contribution < -0.4 is 0 Å². The third-order valence-electron chi connectivity index (χ3n) is 16.6. The van der Waals surface area contributed by atoms with E-state index in [4.69, 9.17) is 37.0 Å². The van der Waals surface area contributed by atoms with E-state index in [2.05, 4.69) is 48.5 Å². The molecule has 0 bridgehead atoms. The first kappa shape index (κ1) is 86.1. The Morgan fingerprint density at radius 2 is 0.580 bits per heavy atom. The minimum absolute atomic E-state index is 0.102. The van der Waals surface area contributed by atoms with Gasteiger partial charge in [0.2, 0.25) is 0 Å². The summed E-state index contributed by atoms with van der Waals surface area (Å²) >= 11 is 0. The Kier molecular flexibility index (Phi) is 58.7. The number of esters is 4. The van der Waals surface area contributed by atoms with Crippen LogP contribution in [0.25, 0.3) is 0 Å². The van der Waals surface area contributed by atoms with Gasteiger partial charge in [-0.1, -0.05) is 292 Å². The van der Waals surface area contributed by atoms with Gasteiger partial charge in [-0.25, -0.2) is 9.13 Å². The van der Waals surface area contributed by atoms with Crippen molar-refractivity contribution in [2.24, 2.45) is 17.8 Å². The van der Waals surface area contributed by atoms with Crippen LogP contribution in [0.15, 0.2) is 0 Å². The lowest BCUT2D eigenvalue weighted by molar-refractivity contribution is -0.161. The standard InChI is InChI=1S/C69H134O17P2/c1-8-11-12-13-14-15-16-17-18-19-23-28-36-43-50-66(71)79-56-64(85-68(73)52-45-38-29-24-21-20-22-27-34-41-48-61(6)9-2)58-83-87(75,76)81-54-63(70)55-82-88(77,78)84-59-65(86-69(74)53-46-39-30-25-26-33-40-47-60(4)5)57-80-67(72)51-44-37-32-31-35-42-49-62(7)10-3/h60-65,70H,8-59H2,1-7H3,(H,75,76)(H,77,78)/t61?,62?,63-,64-,65-/m1/s1. The van der Waals surface area contributed by atoms with E-state index in [0.717, 1.165) is 108 Å². The summed E-state index contributed by atoms with van der Waals surface area (Å²) in [5, 5.41) is 10.6. The zero-order valence-corrected chi connectivity index (χ0v) is 59.0. The fraction of sp³-hybridized carbons (Fsp3) is 0.942. The number of phosphoric acid groups is 2. The smallest absolute Gasteiger partial charge is 0.462 e. The summed E-state index contributed by atoms with van der Waals surface area (Å²) in [5.41, 5.74) is 0. The number of phosphoric ester groups is 2. The maximum absolute atomic E-state index is 13.0. The van der Waals surface area contributed by atoms with Gasteiger partial charge in [0.25, 0.3) is 0 Å². The lowest BCUT2D eigenvalue weighted by atomic mass is 9.99. The quantitative estimate of drug-likeness (QED) is 0.0222. The summed E-state index contributed by atoms with van der Waals surface area (Å²) in [7, 11) is -9.90. The summed E-state index contributed by atoms with van der Waals surface area (Å²) in [6.45, 7) is 11.8.